The molecular formula is C12H12F4O. The van der Waals surface area contributed by atoms with Crippen LogP contribution in [0.25, 0.3) is 0 Å². The maximum atomic E-state index is 13.8. The Balaban J connectivity index is 2.50. The molecule has 0 heterocycles. The van der Waals surface area contributed by atoms with Gasteiger partial charge in [-0.25, -0.2) is 4.39 Å². The molecule has 0 aromatic heterocycles. The van der Waals surface area contributed by atoms with Crippen LogP contribution in [-0.4, -0.2) is 5.11 Å². The van der Waals surface area contributed by atoms with Crippen molar-refractivity contribution in [3.05, 3.63) is 34.6 Å². The molecule has 0 saturated heterocycles. The van der Waals surface area contributed by atoms with E-state index in [1.807, 2.05) is 0 Å². The van der Waals surface area contributed by atoms with Crippen LogP contribution in [0.1, 0.15) is 36.0 Å². The molecule has 1 aromatic carbocycles. The number of benzene rings is 1. The monoisotopic (exact) mass is 248 g/mol. The summed E-state index contributed by atoms with van der Waals surface area (Å²) in [4.78, 5) is 0. The average Bonchev–Trinajstić information content (AvgIpc) is 2.16. The minimum atomic E-state index is -4.56. The summed E-state index contributed by atoms with van der Waals surface area (Å²) in [5, 5.41) is 9.96. The predicted octanol–water partition coefficient (Wildman–Crippen LogP) is 3.52. The zero-order valence-corrected chi connectivity index (χ0v) is 9.24. The zero-order valence-electron chi connectivity index (χ0n) is 9.24. The van der Waals surface area contributed by atoms with Crippen LogP contribution < -0.4 is 0 Å². The van der Waals surface area contributed by atoms with Crippen molar-refractivity contribution < 1.29 is 22.7 Å². The molecule has 94 valence electrons. The maximum absolute atomic E-state index is 13.8. The molecule has 0 bridgehead atoms. The van der Waals surface area contributed by atoms with Crippen molar-refractivity contribution in [3.8, 4) is 0 Å². The topological polar surface area (TPSA) is 20.2 Å². The number of rotatable bonds is 1. The van der Waals surface area contributed by atoms with Crippen molar-refractivity contribution >= 4 is 0 Å². The van der Waals surface area contributed by atoms with Gasteiger partial charge in [-0.1, -0.05) is 6.07 Å². The smallest absolute Gasteiger partial charge is 0.385 e. The summed E-state index contributed by atoms with van der Waals surface area (Å²) in [6.45, 7) is 1.09. The van der Waals surface area contributed by atoms with Crippen LogP contribution in [0.15, 0.2) is 12.1 Å². The second kappa shape index (κ2) is 3.70. The quantitative estimate of drug-likeness (QED) is 0.754. The van der Waals surface area contributed by atoms with E-state index in [1.54, 1.807) is 0 Å². The molecule has 2 rings (SSSR count). The van der Waals surface area contributed by atoms with Crippen molar-refractivity contribution in [1.82, 2.24) is 0 Å². The fourth-order valence-electron chi connectivity index (χ4n) is 2.13. The molecule has 1 aromatic rings. The summed E-state index contributed by atoms with van der Waals surface area (Å²) < 4.78 is 51.4. The predicted molar refractivity (Wildman–Crippen MR) is 53.9 cm³/mol. The normalized spacial score (nSPS) is 18.9. The van der Waals surface area contributed by atoms with E-state index in [2.05, 4.69) is 0 Å². The van der Waals surface area contributed by atoms with Gasteiger partial charge in [0, 0.05) is 5.56 Å². The van der Waals surface area contributed by atoms with Crippen LogP contribution >= 0.6 is 0 Å². The molecule has 1 aliphatic rings. The van der Waals surface area contributed by atoms with Gasteiger partial charge in [-0.05, 0) is 37.8 Å². The standard InChI is InChI=1S/C12H12F4O/c1-7-8(12(14,15)16)3-4-9(10(7)13)11(17)5-2-6-11/h3-4,17H,2,5-6H2,1H3. The van der Waals surface area contributed by atoms with Crippen molar-refractivity contribution in [2.45, 2.75) is 38.0 Å². The highest BCUT2D eigenvalue weighted by Crippen LogP contribution is 2.44. The van der Waals surface area contributed by atoms with Crippen LogP contribution in [0.5, 0.6) is 0 Å². The summed E-state index contributed by atoms with van der Waals surface area (Å²) in [6, 6.07) is 1.88. The Morgan fingerprint density at radius 3 is 2.24 bits per heavy atom. The lowest BCUT2D eigenvalue weighted by Gasteiger charge is -2.37. The van der Waals surface area contributed by atoms with Crippen LogP contribution in [0.4, 0.5) is 17.6 Å². The van der Waals surface area contributed by atoms with E-state index < -0.39 is 28.7 Å². The highest BCUT2D eigenvalue weighted by Gasteiger charge is 2.41. The van der Waals surface area contributed by atoms with Crippen molar-refractivity contribution in [3.63, 3.8) is 0 Å². The molecule has 1 aliphatic carbocycles. The van der Waals surface area contributed by atoms with Crippen molar-refractivity contribution in [2.75, 3.05) is 0 Å². The summed E-state index contributed by atoms with van der Waals surface area (Å²) in [7, 11) is 0. The first kappa shape index (κ1) is 12.4. The van der Waals surface area contributed by atoms with Gasteiger partial charge < -0.3 is 5.11 Å². The number of aliphatic hydroxyl groups is 1. The summed E-state index contributed by atoms with van der Waals surface area (Å²) in [5.41, 5.74) is -2.73. The Morgan fingerprint density at radius 1 is 1.24 bits per heavy atom. The molecule has 1 nitrogen and oxygen atoms in total. The first-order valence-electron chi connectivity index (χ1n) is 5.35. The Labute approximate surface area is 96.1 Å². The third-order valence-electron chi connectivity index (χ3n) is 3.37. The van der Waals surface area contributed by atoms with Crippen LogP contribution in [0, 0.1) is 12.7 Å². The van der Waals surface area contributed by atoms with Crippen LogP contribution in [-0.2, 0) is 11.8 Å². The van der Waals surface area contributed by atoms with E-state index in [0.29, 0.717) is 12.8 Å². The van der Waals surface area contributed by atoms with Gasteiger partial charge in [0.2, 0.25) is 0 Å². The number of halogens is 4. The molecule has 0 atom stereocenters. The number of hydrogen-bond donors (Lipinski definition) is 1. The van der Waals surface area contributed by atoms with E-state index in [1.165, 1.54) is 0 Å². The second-order valence-electron chi connectivity index (χ2n) is 4.48. The molecule has 0 aliphatic heterocycles. The second-order valence-corrected chi connectivity index (χ2v) is 4.48. The minimum absolute atomic E-state index is 0.0192. The van der Waals surface area contributed by atoms with E-state index in [4.69, 9.17) is 0 Å². The van der Waals surface area contributed by atoms with Gasteiger partial charge in [0.1, 0.15) is 5.82 Å². The molecule has 5 heteroatoms. The maximum Gasteiger partial charge on any atom is 0.416 e. The van der Waals surface area contributed by atoms with Gasteiger partial charge in [-0.3, -0.25) is 0 Å². The highest BCUT2D eigenvalue weighted by atomic mass is 19.4. The van der Waals surface area contributed by atoms with Crippen LogP contribution in [0.2, 0.25) is 0 Å². The molecule has 1 saturated carbocycles. The lowest BCUT2D eigenvalue weighted by molar-refractivity contribution is -0.138. The molecule has 17 heavy (non-hydrogen) atoms. The lowest BCUT2D eigenvalue weighted by Crippen LogP contribution is -2.35. The summed E-state index contributed by atoms with van der Waals surface area (Å²) >= 11 is 0. The zero-order chi connectivity index (χ0) is 12.8. The molecule has 0 radical (unpaired) electrons. The molecule has 1 fully saturated rings. The van der Waals surface area contributed by atoms with Crippen molar-refractivity contribution in [2.24, 2.45) is 0 Å². The van der Waals surface area contributed by atoms with Gasteiger partial charge >= 0.3 is 6.18 Å². The molecule has 0 amide bonds. The first-order valence-corrected chi connectivity index (χ1v) is 5.35. The Kier molecular flexibility index (Phi) is 2.69. The Hall–Kier alpha value is -1.10. The van der Waals surface area contributed by atoms with Gasteiger partial charge in [0.15, 0.2) is 0 Å². The van der Waals surface area contributed by atoms with Crippen molar-refractivity contribution in [1.29, 1.82) is 0 Å². The Bertz CT molecular complexity index is 447. The van der Waals surface area contributed by atoms with Gasteiger partial charge in [-0.15, -0.1) is 0 Å². The molecule has 1 N–H and O–H groups in total. The molecular weight excluding hydrogens is 236 g/mol. The summed E-state index contributed by atoms with van der Waals surface area (Å²) in [5.74, 6) is -0.943. The van der Waals surface area contributed by atoms with Gasteiger partial charge in [-0.2, -0.15) is 13.2 Å². The van der Waals surface area contributed by atoms with E-state index >= 15 is 0 Å². The fraction of sp³-hybridized carbons (Fsp3) is 0.500. The molecule has 0 spiro atoms. The van der Waals surface area contributed by atoms with E-state index in [9.17, 15) is 22.7 Å². The summed E-state index contributed by atoms with van der Waals surface area (Å²) in [6.07, 6.45) is -3.01. The third-order valence-corrected chi connectivity index (χ3v) is 3.37. The van der Waals surface area contributed by atoms with Gasteiger partial charge in [0.05, 0.1) is 11.2 Å². The minimum Gasteiger partial charge on any atom is -0.385 e. The van der Waals surface area contributed by atoms with Gasteiger partial charge in [0.25, 0.3) is 0 Å². The first-order chi connectivity index (χ1) is 7.76. The number of hydrogen-bond acceptors (Lipinski definition) is 1. The number of alkyl halides is 3. The lowest BCUT2D eigenvalue weighted by atomic mass is 9.74. The highest BCUT2D eigenvalue weighted by molar-refractivity contribution is 5.38. The fourth-order valence-corrected chi connectivity index (χ4v) is 2.13. The largest absolute Gasteiger partial charge is 0.416 e. The Morgan fingerprint density at radius 2 is 1.82 bits per heavy atom. The van der Waals surface area contributed by atoms with E-state index in [-0.39, 0.29) is 5.56 Å². The SMILES string of the molecule is Cc1c(C(F)(F)F)ccc(C2(O)CCC2)c1F. The molecule has 0 unspecified atom stereocenters. The third kappa shape index (κ3) is 1.92. The van der Waals surface area contributed by atoms with E-state index in [0.717, 1.165) is 25.5 Å². The van der Waals surface area contributed by atoms with Crippen LogP contribution in [0.3, 0.4) is 0 Å². The average molecular weight is 248 g/mol.